The molecule has 0 aromatic heterocycles. The molecule has 0 aliphatic carbocycles. The van der Waals surface area contributed by atoms with Gasteiger partial charge in [0.2, 0.25) is 5.91 Å². The van der Waals surface area contributed by atoms with E-state index in [9.17, 15) is 4.79 Å². The highest BCUT2D eigenvalue weighted by Gasteiger charge is 2.28. The first-order valence-corrected chi connectivity index (χ1v) is 8.05. The van der Waals surface area contributed by atoms with E-state index in [1.165, 1.54) is 11.3 Å². The summed E-state index contributed by atoms with van der Waals surface area (Å²) >= 11 is 0. The average molecular weight is 287 g/mol. The summed E-state index contributed by atoms with van der Waals surface area (Å²) in [4.78, 5) is 17.0. The van der Waals surface area contributed by atoms with E-state index < -0.39 is 0 Å². The van der Waals surface area contributed by atoms with E-state index in [1.807, 2.05) is 0 Å². The van der Waals surface area contributed by atoms with Gasteiger partial charge in [-0.25, -0.2) is 0 Å². The molecule has 114 valence electrons. The number of rotatable bonds is 2. The minimum absolute atomic E-state index is 0.198. The topological polar surface area (TPSA) is 35.6 Å². The molecular formula is C17H25N3O. The van der Waals surface area contributed by atoms with Crippen LogP contribution in [0.1, 0.15) is 18.4 Å². The third-order valence-electron chi connectivity index (χ3n) is 4.60. The fraction of sp³-hybridized carbons (Fsp3) is 0.588. The number of piperazine rings is 1. The largest absolute Gasteiger partial charge is 0.368 e. The quantitative estimate of drug-likeness (QED) is 0.898. The summed E-state index contributed by atoms with van der Waals surface area (Å²) in [7, 11) is 0. The number of nitrogens with zero attached hydrogens (tertiary/aromatic N) is 2. The van der Waals surface area contributed by atoms with Crippen molar-refractivity contribution in [2.45, 2.75) is 19.8 Å². The van der Waals surface area contributed by atoms with Crippen LogP contribution >= 0.6 is 0 Å². The molecule has 0 saturated carbocycles. The molecule has 2 heterocycles. The summed E-state index contributed by atoms with van der Waals surface area (Å²) in [5.74, 6) is 0.551. The molecule has 0 radical (unpaired) electrons. The van der Waals surface area contributed by atoms with Crippen LogP contribution in [-0.4, -0.2) is 50.1 Å². The fourth-order valence-corrected chi connectivity index (χ4v) is 3.33. The minimum atomic E-state index is 0.198. The molecule has 0 spiro atoms. The van der Waals surface area contributed by atoms with Crippen molar-refractivity contribution in [3.05, 3.63) is 29.8 Å². The molecule has 2 aliphatic rings. The number of piperidine rings is 1. The van der Waals surface area contributed by atoms with Crippen LogP contribution in [0.15, 0.2) is 24.3 Å². The van der Waals surface area contributed by atoms with Crippen molar-refractivity contribution in [1.29, 1.82) is 0 Å². The molecule has 2 aliphatic heterocycles. The normalized spacial score (nSPS) is 23.2. The number of carbonyl (C=O) groups excluding carboxylic acids is 1. The second-order valence-corrected chi connectivity index (χ2v) is 6.19. The first-order chi connectivity index (χ1) is 10.2. The third-order valence-corrected chi connectivity index (χ3v) is 4.60. The van der Waals surface area contributed by atoms with Gasteiger partial charge in [-0.15, -0.1) is 0 Å². The lowest BCUT2D eigenvalue weighted by molar-refractivity contribution is -0.136. The van der Waals surface area contributed by atoms with E-state index in [-0.39, 0.29) is 5.92 Å². The maximum Gasteiger partial charge on any atom is 0.227 e. The zero-order valence-corrected chi connectivity index (χ0v) is 12.8. The smallest absolute Gasteiger partial charge is 0.227 e. The monoisotopic (exact) mass is 287 g/mol. The highest BCUT2D eigenvalue weighted by Crippen LogP contribution is 2.20. The van der Waals surface area contributed by atoms with Gasteiger partial charge in [-0.1, -0.05) is 12.1 Å². The maximum absolute atomic E-state index is 12.5. The van der Waals surface area contributed by atoms with Crippen LogP contribution in [0.25, 0.3) is 0 Å². The van der Waals surface area contributed by atoms with Crippen molar-refractivity contribution in [3.63, 3.8) is 0 Å². The molecule has 1 N–H and O–H groups in total. The van der Waals surface area contributed by atoms with Crippen LogP contribution in [-0.2, 0) is 4.79 Å². The predicted molar refractivity (Wildman–Crippen MR) is 85.6 cm³/mol. The molecule has 1 amide bonds. The van der Waals surface area contributed by atoms with E-state index in [1.54, 1.807) is 0 Å². The Kier molecular flexibility index (Phi) is 4.44. The van der Waals surface area contributed by atoms with Crippen LogP contribution in [0, 0.1) is 12.8 Å². The van der Waals surface area contributed by atoms with Crippen molar-refractivity contribution in [2.75, 3.05) is 44.2 Å². The summed E-state index contributed by atoms with van der Waals surface area (Å²) < 4.78 is 0. The Morgan fingerprint density at radius 2 is 2.05 bits per heavy atom. The van der Waals surface area contributed by atoms with Gasteiger partial charge in [-0.2, -0.15) is 0 Å². The number of nitrogens with one attached hydrogen (secondary N) is 1. The first-order valence-electron chi connectivity index (χ1n) is 8.05. The number of carbonyl (C=O) groups is 1. The van der Waals surface area contributed by atoms with E-state index in [4.69, 9.17) is 0 Å². The Balaban J connectivity index is 1.56. The van der Waals surface area contributed by atoms with Gasteiger partial charge in [-0.05, 0) is 44.0 Å². The molecule has 2 saturated heterocycles. The van der Waals surface area contributed by atoms with Gasteiger partial charge in [0.05, 0.1) is 5.92 Å². The highest BCUT2D eigenvalue weighted by atomic mass is 16.2. The number of aryl methyl sites for hydroxylation is 1. The Morgan fingerprint density at radius 3 is 2.71 bits per heavy atom. The van der Waals surface area contributed by atoms with Crippen molar-refractivity contribution in [1.82, 2.24) is 10.2 Å². The van der Waals surface area contributed by atoms with Gasteiger partial charge < -0.3 is 15.1 Å². The van der Waals surface area contributed by atoms with Crippen LogP contribution in [0.3, 0.4) is 0 Å². The number of benzene rings is 1. The molecule has 2 fully saturated rings. The van der Waals surface area contributed by atoms with Crippen LogP contribution in [0.2, 0.25) is 0 Å². The number of hydrogen-bond acceptors (Lipinski definition) is 3. The van der Waals surface area contributed by atoms with E-state index in [0.29, 0.717) is 5.91 Å². The van der Waals surface area contributed by atoms with Crippen molar-refractivity contribution >= 4 is 11.6 Å². The molecule has 1 atom stereocenters. The van der Waals surface area contributed by atoms with Gasteiger partial charge in [0.15, 0.2) is 0 Å². The van der Waals surface area contributed by atoms with Crippen molar-refractivity contribution < 1.29 is 4.79 Å². The number of anilines is 1. The Morgan fingerprint density at radius 1 is 1.24 bits per heavy atom. The molecule has 21 heavy (non-hydrogen) atoms. The summed E-state index contributed by atoms with van der Waals surface area (Å²) in [6.07, 6.45) is 2.17. The molecule has 4 nitrogen and oxygen atoms in total. The van der Waals surface area contributed by atoms with Gasteiger partial charge in [0, 0.05) is 38.4 Å². The van der Waals surface area contributed by atoms with Gasteiger partial charge in [0.25, 0.3) is 0 Å². The molecule has 3 rings (SSSR count). The summed E-state index contributed by atoms with van der Waals surface area (Å²) in [5.41, 5.74) is 2.57. The van der Waals surface area contributed by atoms with Crippen molar-refractivity contribution in [2.24, 2.45) is 5.92 Å². The molecule has 0 bridgehead atoms. The van der Waals surface area contributed by atoms with Crippen LogP contribution in [0.4, 0.5) is 5.69 Å². The van der Waals surface area contributed by atoms with Gasteiger partial charge in [-0.3, -0.25) is 4.79 Å². The lowest BCUT2D eigenvalue weighted by Crippen LogP contribution is -2.52. The summed E-state index contributed by atoms with van der Waals surface area (Å²) in [6.45, 7) is 7.62. The first kappa shape index (κ1) is 14.4. The van der Waals surface area contributed by atoms with E-state index in [0.717, 1.165) is 52.1 Å². The SMILES string of the molecule is Cc1cccc(N2CCN(C(=O)C3CCCNC3)CC2)c1. The standard InChI is InChI=1S/C17H25N3O/c1-14-4-2-6-16(12-14)19-8-10-20(11-9-19)17(21)15-5-3-7-18-13-15/h2,4,6,12,15,18H,3,5,7-11,13H2,1H3. The van der Waals surface area contributed by atoms with Crippen molar-refractivity contribution in [3.8, 4) is 0 Å². The lowest BCUT2D eigenvalue weighted by Gasteiger charge is -2.38. The summed E-state index contributed by atoms with van der Waals surface area (Å²) in [6, 6.07) is 8.62. The Labute approximate surface area is 127 Å². The second kappa shape index (κ2) is 6.48. The molecular weight excluding hydrogens is 262 g/mol. The van der Waals surface area contributed by atoms with E-state index in [2.05, 4.69) is 46.3 Å². The minimum Gasteiger partial charge on any atom is -0.368 e. The zero-order valence-electron chi connectivity index (χ0n) is 12.8. The van der Waals surface area contributed by atoms with Gasteiger partial charge >= 0.3 is 0 Å². The molecule has 1 aromatic rings. The lowest BCUT2D eigenvalue weighted by atomic mass is 9.98. The molecule has 4 heteroatoms. The van der Waals surface area contributed by atoms with Crippen LogP contribution < -0.4 is 10.2 Å². The third kappa shape index (κ3) is 3.38. The Hall–Kier alpha value is -1.55. The predicted octanol–water partition coefficient (Wildman–Crippen LogP) is 1.64. The maximum atomic E-state index is 12.5. The van der Waals surface area contributed by atoms with Crippen LogP contribution in [0.5, 0.6) is 0 Å². The highest BCUT2D eigenvalue weighted by molar-refractivity contribution is 5.79. The number of amides is 1. The van der Waals surface area contributed by atoms with Gasteiger partial charge in [0.1, 0.15) is 0 Å². The Bertz CT molecular complexity index is 489. The molecule has 1 aromatic carbocycles. The summed E-state index contributed by atoms with van der Waals surface area (Å²) in [5, 5.41) is 3.34. The average Bonchev–Trinajstić information content (AvgIpc) is 2.55. The fourth-order valence-electron chi connectivity index (χ4n) is 3.33. The number of hydrogen-bond donors (Lipinski definition) is 1. The van der Waals surface area contributed by atoms with E-state index >= 15 is 0 Å². The second-order valence-electron chi connectivity index (χ2n) is 6.19. The molecule has 1 unspecified atom stereocenters. The zero-order chi connectivity index (χ0) is 14.7.